The van der Waals surface area contributed by atoms with Crippen LogP contribution in [0.25, 0.3) is 11.0 Å². The molecule has 0 aliphatic carbocycles. The Kier molecular flexibility index (Phi) is 5.48. The van der Waals surface area contributed by atoms with Crippen molar-refractivity contribution in [2.75, 3.05) is 29.9 Å². The number of halogens is 1. The molecule has 2 aromatic heterocycles. The fourth-order valence-electron chi connectivity index (χ4n) is 3.89. The van der Waals surface area contributed by atoms with Crippen molar-refractivity contribution in [2.24, 2.45) is 5.92 Å². The molecule has 3 heterocycles. The first kappa shape index (κ1) is 18.7. The fraction of sp³-hybridized carbons (Fsp3) is 0.381. The third-order valence-corrected chi connectivity index (χ3v) is 5.58. The van der Waals surface area contributed by atoms with Crippen LogP contribution in [0.4, 0.5) is 11.5 Å². The summed E-state index contributed by atoms with van der Waals surface area (Å²) in [6.07, 6.45) is 6.17. The number of nitrogens with one attached hydrogen (secondary N) is 2. The number of ketones is 1. The van der Waals surface area contributed by atoms with Gasteiger partial charge in [0, 0.05) is 25.7 Å². The lowest BCUT2D eigenvalue weighted by atomic mass is 9.92. The summed E-state index contributed by atoms with van der Waals surface area (Å²) in [4.78, 5) is 26.7. The van der Waals surface area contributed by atoms with E-state index in [1.807, 2.05) is 37.4 Å². The number of nitrogens with zero attached hydrogens (tertiary/aromatic N) is 3. The van der Waals surface area contributed by atoms with Crippen LogP contribution >= 0.6 is 11.6 Å². The van der Waals surface area contributed by atoms with Crippen LogP contribution in [-0.2, 0) is 4.79 Å². The Bertz CT molecular complexity index is 986. The normalized spacial score (nSPS) is 17.1. The lowest BCUT2D eigenvalue weighted by Crippen LogP contribution is -2.37. The van der Waals surface area contributed by atoms with Crippen molar-refractivity contribution in [3.05, 3.63) is 47.4 Å². The van der Waals surface area contributed by atoms with Crippen LogP contribution in [0, 0.1) is 12.8 Å². The first-order valence-corrected chi connectivity index (χ1v) is 10.0. The van der Waals surface area contributed by atoms with E-state index in [1.54, 1.807) is 6.33 Å². The number of hydrogen-bond donors (Lipinski definition) is 2. The van der Waals surface area contributed by atoms with Crippen LogP contribution in [0.1, 0.15) is 24.8 Å². The molecule has 3 aromatic rings. The first-order chi connectivity index (χ1) is 13.6. The molecule has 1 fully saturated rings. The monoisotopic (exact) mass is 397 g/mol. The summed E-state index contributed by atoms with van der Waals surface area (Å²) in [5.74, 6) is 1.49. The zero-order valence-corrected chi connectivity index (χ0v) is 16.7. The van der Waals surface area contributed by atoms with Crippen LogP contribution in [-0.4, -0.2) is 40.4 Å². The summed E-state index contributed by atoms with van der Waals surface area (Å²) in [5.41, 5.74) is 2.76. The molecule has 4 rings (SSSR count). The average Bonchev–Trinajstić information content (AvgIpc) is 3.16. The summed E-state index contributed by atoms with van der Waals surface area (Å²) in [6, 6.07) is 7.82. The van der Waals surface area contributed by atoms with E-state index in [0.717, 1.165) is 54.0 Å². The fourth-order valence-corrected chi connectivity index (χ4v) is 4.19. The highest BCUT2D eigenvalue weighted by Crippen LogP contribution is 2.28. The smallest absolute Gasteiger partial charge is 0.152 e. The molecule has 6 nitrogen and oxygen atoms in total. The number of hydrogen-bond acceptors (Lipinski definition) is 5. The molecule has 0 spiro atoms. The number of Topliss-reactive ketones (excluding diaryl/α,β-unsaturated/α-hetero) is 1. The summed E-state index contributed by atoms with van der Waals surface area (Å²) >= 11 is 6.24. The molecule has 2 N–H and O–H groups in total. The summed E-state index contributed by atoms with van der Waals surface area (Å²) in [5, 5.41) is 4.85. The van der Waals surface area contributed by atoms with Gasteiger partial charge < -0.3 is 15.2 Å². The van der Waals surface area contributed by atoms with E-state index in [2.05, 4.69) is 25.2 Å². The number of carbonyl (C=O) groups is 1. The number of H-pyrrole nitrogens is 1. The Hall–Kier alpha value is -2.60. The summed E-state index contributed by atoms with van der Waals surface area (Å²) in [6.45, 7) is 4.09. The molecule has 0 unspecified atom stereocenters. The predicted molar refractivity (Wildman–Crippen MR) is 113 cm³/mol. The van der Waals surface area contributed by atoms with E-state index >= 15 is 0 Å². The van der Waals surface area contributed by atoms with Gasteiger partial charge in [-0.2, -0.15) is 0 Å². The van der Waals surface area contributed by atoms with E-state index in [-0.39, 0.29) is 5.78 Å². The van der Waals surface area contributed by atoms with E-state index in [4.69, 9.17) is 11.6 Å². The number of aromatic amines is 1. The molecule has 0 bridgehead atoms. The maximum Gasteiger partial charge on any atom is 0.152 e. The van der Waals surface area contributed by atoms with Gasteiger partial charge in [-0.25, -0.2) is 9.97 Å². The molecule has 146 valence electrons. The van der Waals surface area contributed by atoms with Crippen molar-refractivity contribution < 1.29 is 4.79 Å². The minimum atomic E-state index is 0.206. The molecule has 1 aliphatic heterocycles. The molecular weight excluding hydrogens is 374 g/mol. The summed E-state index contributed by atoms with van der Waals surface area (Å²) < 4.78 is 0. The van der Waals surface area contributed by atoms with E-state index in [0.29, 0.717) is 23.9 Å². The highest BCUT2D eigenvalue weighted by atomic mass is 35.5. The van der Waals surface area contributed by atoms with Gasteiger partial charge in [0.15, 0.2) is 5.78 Å². The van der Waals surface area contributed by atoms with Gasteiger partial charge in [0.1, 0.15) is 17.8 Å². The lowest BCUT2D eigenvalue weighted by molar-refractivity contribution is -0.118. The zero-order chi connectivity index (χ0) is 19.5. The number of anilines is 2. The van der Waals surface area contributed by atoms with Gasteiger partial charge in [0.2, 0.25) is 0 Å². The molecule has 1 saturated heterocycles. The minimum absolute atomic E-state index is 0.206. The maximum absolute atomic E-state index is 12.5. The van der Waals surface area contributed by atoms with Crippen LogP contribution < -0.4 is 10.2 Å². The molecule has 0 saturated carbocycles. The standard InChI is InChI=1S/C21H24ClN5O/c1-14-4-5-19(18(22)9-14)24-11-16(28)10-15-3-2-8-27(12-15)21-17-6-7-23-20(17)25-13-26-21/h4-7,9,13,15,24H,2-3,8,10-12H2,1H3,(H,23,25,26)/t15-/m0/s1. The molecule has 0 radical (unpaired) electrons. The first-order valence-electron chi connectivity index (χ1n) is 9.65. The Morgan fingerprint density at radius 1 is 1.36 bits per heavy atom. The van der Waals surface area contributed by atoms with Gasteiger partial charge in [0.25, 0.3) is 0 Å². The lowest BCUT2D eigenvalue weighted by Gasteiger charge is -2.33. The van der Waals surface area contributed by atoms with Gasteiger partial charge in [-0.05, 0) is 49.4 Å². The topological polar surface area (TPSA) is 73.9 Å². The Morgan fingerprint density at radius 2 is 2.25 bits per heavy atom. The summed E-state index contributed by atoms with van der Waals surface area (Å²) in [7, 11) is 0. The van der Waals surface area contributed by atoms with E-state index in [9.17, 15) is 4.79 Å². The maximum atomic E-state index is 12.5. The van der Waals surface area contributed by atoms with Crippen molar-refractivity contribution in [3.8, 4) is 0 Å². The zero-order valence-electron chi connectivity index (χ0n) is 15.9. The molecule has 1 aromatic carbocycles. The highest BCUT2D eigenvalue weighted by Gasteiger charge is 2.24. The van der Waals surface area contributed by atoms with Crippen molar-refractivity contribution in [3.63, 3.8) is 0 Å². The van der Waals surface area contributed by atoms with E-state index in [1.165, 1.54) is 0 Å². The van der Waals surface area contributed by atoms with Gasteiger partial charge >= 0.3 is 0 Å². The molecular formula is C21H24ClN5O. The van der Waals surface area contributed by atoms with Crippen LogP contribution in [0.15, 0.2) is 36.8 Å². The van der Waals surface area contributed by atoms with Crippen molar-refractivity contribution >= 4 is 39.9 Å². The number of benzene rings is 1. The van der Waals surface area contributed by atoms with Gasteiger partial charge in [0.05, 0.1) is 22.6 Å². The van der Waals surface area contributed by atoms with Crippen LogP contribution in [0.3, 0.4) is 0 Å². The number of piperidine rings is 1. The third-order valence-electron chi connectivity index (χ3n) is 5.27. The Balaban J connectivity index is 1.36. The predicted octanol–water partition coefficient (Wildman–Crippen LogP) is 4.21. The second-order valence-corrected chi connectivity index (χ2v) is 7.88. The SMILES string of the molecule is Cc1ccc(NCC(=O)C[C@@H]2CCCN(c3ncnc4[nH]ccc34)C2)c(Cl)c1. The molecule has 1 atom stereocenters. The quantitative estimate of drug-likeness (QED) is 0.651. The minimum Gasteiger partial charge on any atom is -0.377 e. The second kappa shape index (κ2) is 8.19. The molecule has 7 heteroatoms. The molecule has 1 aliphatic rings. The van der Waals surface area contributed by atoms with Crippen molar-refractivity contribution in [1.29, 1.82) is 0 Å². The number of aryl methyl sites for hydroxylation is 1. The van der Waals surface area contributed by atoms with Gasteiger partial charge in [-0.15, -0.1) is 0 Å². The van der Waals surface area contributed by atoms with E-state index < -0.39 is 0 Å². The number of aromatic nitrogens is 3. The second-order valence-electron chi connectivity index (χ2n) is 7.47. The van der Waals surface area contributed by atoms with Gasteiger partial charge in [-0.3, -0.25) is 4.79 Å². The Morgan fingerprint density at radius 3 is 3.11 bits per heavy atom. The van der Waals surface area contributed by atoms with Crippen molar-refractivity contribution in [1.82, 2.24) is 15.0 Å². The average molecular weight is 398 g/mol. The molecule has 28 heavy (non-hydrogen) atoms. The van der Waals surface area contributed by atoms with Gasteiger partial charge in [-0.1, -0.05) is 17.7 Å². The van der Waals surface area contributed by atoms with Crippen molar-refractivity contribution in [2.45, 2.75) is 26.2 Å². The number of rotatable bonds is 6. The van der Waals surface area contributed by atoms with Crippen LogP contribution in [0.2, 0.25) is 5.02 Å². The number of fused-ring (bicyclic) bond motifs is 1. The van der Waals surface area contributed by atoms with Crippen LogP contribution in [0.5, 0.6) is 0 Å². The number of carbonyl (C=O) groups excluding carboxylic acids is 1. The highest BCUT2D eigenvalue weighted by molar-refractivity contribution is 6.33. The molecule has 0 amide bonds. The largest absolute Gasteiger partial charge is 0.377 e. The third kappa shape index (κ3) is 4.12. The Labute approximate surface area is 169 Å².